The number of ether oxygens (including phenoxy) is 3. The standard InChI is InChI=1S/C35H36FN3O8/c1-20(40)30(41)17-39-16-26(19-44-32(42)18-38(4)5)45-21(2)27-14-28-31(15-29(27)39)47-34(33(28)35(43)37-3)22-6-10-24(11-7-22)46-25-12-8-23(36)9-13-25/h6-15,21,26H,16-19H2,1-5H3,(H,37,43). The van der Waals surface area contributed by atoms with Gasteiger partial charge in [0.05, 0.1) is 24.8 Å². The van der Waals surface area contributed by atoms with E-state index in [4.69, 9.17) is 18.6 Å². The molecule has 0 bridgehead atoms. The molecular formula is C35H36FN3O8. The third-order valence-electron chi connectivity index (χ3n) is 7.66. The lowest BCUT2D eigenvalue weighted by Crippen LogP contribution is -2.40. The number of anilines is 1. The monoisotopic (exact) mass is 645 g/mol. The Hall–Kier alpha value is -5.07. The highest BCUT2D eigenvalue weighted by Crippen LogP contribution is 2.42. The van der Waals surface area contributed by atoms with Gasteiger partial charge in [-0.25, -0.2) is 4.39 Å². The molecule has 1 aliphatic rings. The van der Waals surface area contributed by atoms with Crippen molar-refractivity contribution in [1.29, 1.82) is 0 Å². The second-order valence-electron chi connectivity index (χ2n) is 11.6. The maximum atomic E-state index is 13.3. The van der Waals surface area contributed by atoms with E-state index in [0.717, 1.165) is 0 Å². The summed E-state index contributed by atoms with van der Waals surface area (Å²) in [6.07, 6.45) is -1.15. The van der Waals surface area contributed by atoms with Gasteiger partial charge in [-0.3, -0.25) is 24.1 Å². The summed E-state index contributed by atoms with van der Waals surface area (Å²) >= 11 is 0. The lowest BCUT2D eigenvalue weighted by molar-refractivity contribution is -0.149. The van der Waals surface area contributed by atoms with Gasteiger partial charge in [0.1, 0.15) is 41.4 Å². The molecule has 0 saturated heterocycles. The lowest BCUT2D eigenvalue weighted by atomic mass is 10.00. The number of benzene rings is 3. The summed E-state index contributed by atoms with van der Waals surface area (Å²) < 4.78 is 37.2. The molecule has 1 aromatic heterocycles. The zero-order valence-corrected chi connectivity index (χ0v) is 26.8. The molecule has 11 nitrogen and oxygen atoms in total. The Morgan fingerprint density at radius 2 is 1.68 bits per heavy atom. The average molecular weight is 646 g/mol. The van der Waals surface area contributed by atoms with E-state index in [1.807, 2.05) is 6.92 Å². The molecular weight excluding hydrogens is 609 g/mol. The molecule has 47 heavy (non-hydrogen) atoms. The molecule has 2 unspecified atom stereocenters. The van der Waals surface area contributed by atoms with Gasteiger partial charge in [-0.1, -0.05) is 0 Å². The number of nitrogens with one attached hydrogen (secondary N) is 1. The fraction of sp³-hybridized carbons (Fsp3) is 0.314. The van der Waals surface area contributed by atoms with E-state index in [1.165, 1.54) is 38.2 Å². The fourth-order valence-corrected chi connectivity index (χ4v) is 5.38. The van der Waals surface area contributed by atoms with E-state index < -0.39 is 29.7 Å². The summed E-state index contributed by atoms with van der Waals surface area (Å²) in [4.78, 5) is 53.6. The zero-order valence-electron chi connectivity index (χ0n) is 26.8. The molecule has 0 saturated carbocycles. The van der Waals surface area contributed by atoms with Gasteiger partial charge >= 0.3 is 5.97 Å². The number of fused-ring (bicyclic) bond motifs is 2. The average Bonchev–Trinajstić information content (AvgIpc) is 3.35. The number of hydrogen-bond donors (Lipinski definition) is 1. The number of nitrogens with zero attached hydrogens (tertiary/aromatic N) is 2. The number of hydrogen-bond acceptors (Lipinski definition) is 10. The van der Waals surface area contributed by atoms with Gasteiger partial charge in [0.25, 0.3) is 5.91 Å². The van der Waals surface area contributed by atoms with Crippen LogP contribution in [-0.4, -0.2) is 81.8 Å². The van der Waals surface area contributed by atoms with Crippen LogP contribution in [0.2, 0.25) is 0 Å². The number of carbonyl (C=O) groups is 4. The van der Waals surface area contributed by atoms with Crippen LogP contribution in [0, 0.1) is 5.82 Å². The number of esters is 1. The number of likely N-dealkylation sites (N-methyl/N-ethyl adjacent to an activating group) is 1. The third kappa shape index (κ3) is 7.67. The predicted molar refractivity (Wildman–Crippen MR) is 172 cm³/mol. The van der Waals surface area contributed by atoms with Gasteiger partial charge in [-0.2, -0.15) is 0 Å². The second kappa shape index (κ2) is 14.1. The molecule has 12 heteroatoms. The van der Waals surface area contributed by atoms with Crippen molar-refractivity contribution in [2.24, 2.45) is 0 Å². The number of halogens is 1. The molecule has 0 radical (unpaired) electrons. The Morgan fingerprint density at radius 1 is 1.02 bits per heavy atom. The highest BCUT2D eigenvalue weighted by Gasteiger charge is 2.32. The first kappa shape index (κ1) is 33.3. The van der Waals surface area contributed by atoms with Gasteiger partial charge in [0.15, 0.2) is 5.78 Å². The van der Waals surface area contributed by atoms with E-state index in [1.54, 1.807) is 60.3 Å². The minimum absolute atomic E-state index is 0.0552. The van der Waals surface area contributed by atoms with E-state index in [-0.39, 0.29) is 38.0 Å². The van der Waals surface area contributed by atoms with Crippen molar-refractivity contribution in [1.82, 2.24) is 10.2 Å². The fourth-order valence-electron chi connectivity index (χ4n) is 5.38. The molecule has 3 aromatic carbocycles. The topological polar surface area (TPSA) is 128 Å². The normalized spacial score (nSPS) is 16.0. The maximum Gasteiger partial charge on any atom is 0.320 e. The van der Waals surface area contributed by atoms with Crippen molar-refractivity contribution in [2.75, 3.05) is 52.3 Å². The number of Topliss-reactive ketones (excluding diaryl/α,β-unsaturated/α-hetero) is 2. The van der Waals surface area contributed by atoms with Crippen LogP contribution in [0.15, 0.2) is 65.1 Å². The minimum Gasteiger partial charge on any atom is -0.462 e. The van der Waals surface area contributed by atoms with Crippen LogP contribution in [0.1, 0.15) is 35.9 Å². The van der Waals surface area contributed by atoms with E-state index >= 15 is 0 Å². The van der Waals surface area contributed by atoms with Crippen molar-refractivity contribution in [3.05, 3.63) is 77.6 Å². The zero-order chi connectivity index (χ0) is 33.8. The number of furan rings is 1. The Bertz CT molecular complexity index is 1800. The van der Waals surface area contributed by atoms with Crippen molar-refractivity contribution in [2.45, 2.75) is 26.1 Å². The second-order valence-corrected chi connectivity index (χ2v) is 11.6. The highest BCUT2D eigenvalue weighted by molar-refractivity contribution is 6.37. The van der Waals surface area contributed by atoms with E-state index in [9.17, 15) is 23.6 Å². The predicted octanol–water partition coefficient (Wildman–Crippen LogP) is 4.92. The van der Waals surface area contributed by atoms with Crippen molar-refractivity contribution in [3.8, 4) is 22.8 Å². The van der Waals surface area contributed by atoms with Crippen LogP contribution in [0.5, 0.6) is 11.5 Å². The Labute approximate surface area is 271 Å². The summed E-state index contributed by atoms with van der Waals surface area (Å²) in [5, 5.41) is 3.21. The first-order chi connectivity index (χ1) is 22.4. The lowest BCUT2D eigenvalue weighted by Gasteiger charge is -2.26. The van der Waals surface area contributed by atoms with Gasteiger partial charge in [-0.15, -0.1) is 0 Å². The quantitative estimate of drug-likeness (QED) is 0.177. The molecule has 2 heterocycles. The molecule has 246 valence electrons. The minimum atomic E-state index is -0.612. The smallest absolute Gasteiger partial charge is 0.320 e. The van der Waals surface area contributed by atoms with Crippen LogP contribution in [-0.2, 0) is 23.9 Å². The summed E-state index contributed by atoms with van der Waals surface area (Å²) in [6, 6.07) is 16.1. The van der Waals surface area contributed by atoms with E-state index in [0.29, 0.717) is 50.6 Å². The van der Waals surface area contributed by atoms with Gasteiger partial charge in [0, 0.05) is 48.8 Å². The Morgan fingerprint density at radius 3 is 2.30 bits per heavy atom. The maximum absolute atomic E-state index is 13.3. The first-order valence-corrected chi connectivity index (χ1v) is 15.0. The number of amides is 1. The summed E-state index contributed by atoms with van der Waals surface area (Å²) in [5.74, 6) is -1.06. The number of carbonyl (C=O) groups excluding carboxylic acids is 4. The number of ketones is 2. The highest BCUT2D eigenvalue weighted by atomic mass is 19.1. The Balaban J connectivity index is 1.52. The van der Waals surface area contributed by atoms with E-state index in [2.05, 4.69) is 5.32 Å². The van der Waals surface area contributed by atoms with Crippen LogP contribution in [0.25, 0.3) is 22.3 Å². The molecule has 0 spiro atoms. The van der Waals surface area contributed by atoms with Crippen LogP contribution in [0.4, 0.5) is 10.1 Å². The molecule has 4 aromatic rings. The molecule has 0 aliphatic carbocycles. The molecule has 5 rings (SSSR count). The van der Waals surface area contributed by atoms with Gasteiger partial charge in [-0.05, 0) is 75.6 Å². The van der Waals surface area contributed by atoms with Gasteiger partial charge < -0.3 is 28.8 Å². The van der Waals surface area contributed by atoms with Crippen molar-refractivity contribution in [3.63, 3.8) is 0 Å². The number of rotatable bonds is 11. The molecule has 1 N–H and O–H groups in total. The Kier molecular flexibility index (Phi) is 10.0. The van der Waals surface area contributed by atoms with Crippen LogP contribution < -0.4 is 15.0 Å². The summed E-state index contributed by atoms with van der Waals surface area (Å²) in [6.45, 7) is 3.02. The largest absolute Gasteiger partial charge is 0.462 e. The van der Waals surface area contributed by atoms with Crippen LogP contribution >= 0.6 is 0 Å². The summed E-state index contributed by atoms with van der Waals surface area (Å²) in [7, 11) is 5.03. The van der Waals surface area contributed by atoms with Gasteiger partial charge in [0.2, 0.25) is 5.78 Å². The molecule has 1 amide bonds. The summed E-state index contributed by atoms with van der Waals surface area (Å²) in [5.41, 5.74) is 2.54. The molecule has 2 atom stereocenters. The molecule has 1 aliphatic heterocycles. The van der Waals surface area contributed by atoms with Crippen LogP contribution in [0.3, 0.4) is 0 Å². The third-order valence-corrected chi connectivity index (χ3v) is 7.66. The molecule has 0 fully saturated rings. The van der Waals surface area contributed by atoms with Crippen molar-refractivity contribution < 1.29 is 42.2 Å². The van der Waals surface area contributed by atoms with Crippen molar-refractivity contribution >= 4 is 40.1 Å². The SMILES string of the molecule is CNC(=O)c1c(-c2ccc(Oc3ccc(F)cc3)cc2)oc2cc3c(cc12)C(C)OC(COC(=O)CN(C)C)CN3CC(=O)C(C)=O. The first-order valence-electron chi connectivity index (χ1n) is 15.0.